The SMILES string of the molecule is OC(c1cc(Br)cc(Br)c1)c1c(F)cc(F)cc1F. The van der Waals surface area contributed by atoms with E-state index in [-0.39, 0.29) is 5.56 Å². The molecule has 0 aliphatic heterocycles. The van der Waals surface area contributed by atoms with Crippen LogP contribution in [-0.2, 0) is 0 Å². The van der Waals surface area contributed by atoms with E-state index in [0.29, 0.717) is 21.1 Å². The van der Waals surface area contributed by atoms with E-state index in [1.165, 1.54) is 12.1 Å². The second kappa shape index (κ2) is 5.64. The van der Waals surface area contributed by atoms with E-state index < -0.39 is 29.1 Å². The number of hydrogen-bond acceptors (Lipinski definition) is 1. The molecule has 0 radical (unpaired) electrons. The molecule has 2 aromatic carbocycles. The molecule has 0 amide bonds. The van der Waals surface area contributed by atoms with E-state index in [0.717, 1.165) is 0 Å². The molecule has 0 heterocycles. The summed E-state index contributed by atoms with van der Waals surface area (Å²) in [7, 11) is 0. The molecule has 0 aliphatic carbocycles. The van der Waals surface area contributed by atoms with Gasteiger partial charge in [0.15, 0.2) is 0 Å². The normalized spacial score (nSPS) is 12.5. The molecule has 1 N–H and O–H groups in total. The summed E-state index contributed by atoms with van der Waals surface area (Å²) < 4.78 is 41.3. The summed E-state index contributed by atoms with van der Waals surface area (Å²) >= 11 is 6.43. The zero-order valence-electron chi connectivity index (χ0n) is 9.30. The number of aliphatic hydroxyl groups is 1. The molecule has 0 saturated heterocycles. The molecule has 0 bridgehead atoms. The predicted molar refractivity (Wildman–Crippen MR) is 72.2 cm³/mol. The van der Waals surface area contributed by atoms with E-state index in [4.69, 9.17) is 0 Å². The lowest BCUT2D eigenvalue weighted by atomic mass is 10.0. The van der Waals surface area contributed by atoms with E-state index >= 15 is 0 Å². The molecule has 1 nitrogen and oxygen atoms in total. The third kappa shape index (κ3) is 3.19. The van der Waals surface area contributed by atoms with Crippen LogP contribution in [0.4, 0.5) is 13.2 Å². The fraction of sp³-hybridized carbons (Fsp3) is 0.0769. The molecule has 1 unspecified atom stereocenters. The van der Waals surface area contributed by atoms with E-state index in [1.807, 2.05) is 0 Å². The Morgan fingerprint density at radius 2 is 1.32 bits per heavy atom. The largest absolute Gasteiger partial charge is 0.383 e. The Balaban J connectivity index is 2.52. The zero-order valence-corrected chi connectivity index (χ0v) is 12.5. The summed E-state index contributed by atoms with van der Waals surface area (Å²) in [5.41, 5.74) is -0.294. The van der Waals surface area contributed by atoms with Crippen LogP contribution in [0.25, 0.3) is 0 Å². The molecule has 2 rings (SSSR count). The van der Waals surface area contributed by atoms with Crippen molar-refractivity contribution in [2.75, 3.05) is 0 Å². The Labute approximate surface area is 124 Å². The number of benzene rings is 2. The van der Waals surface area contributed by atoms with E-state index in [9.17, 15) is 18.3 Å². The van der Waals surface area contributed by atoms with Crippen LogP contribution in [-0.4, -0.2) is 5.11 Å². The summed E-state index contributed by atoms with van der Waals surface area (Å²) in [4.78, 5) is 0. The van der Waals surface area contributed by atoms with Crippen LogP contribution >= 0.6 is 31.9 Å². The van der Waals surface area contributed by atoms with Crippen molar-refractivity contribution in [3.63, 3.8) is 0 Å². The standard InChI is InChI=1S/C13H7Br2F3O/c14-7-1-6(2-8(15)3-7)13(19)12-10(17)4-9(16)5-11(12)18/h1-5,13,19H. The van der Waals surface area contributed by atoms with Crippen LogP contribution in [0, 0.1) is 17.5 Å². The summed E-state index contributed by atoms with van der Waals surface area (Å²) in [5.74, 6) is -3.27. The van der Waals surface area contributed by atoms with Gasteiger partial charge in [-0.3, -0.25) is 0 Å². The molecule has 100 valence electrons. The van der Waals surface area contributed by atoms with Gasteiger partial charge in [0.25, 0.3) is 0 Å². The molecule has 0 aliphatic rings. The number of hydrogen-bond donors (Lipinski definition) is 1. The van der Waals surface area contributed by atoms with Gasteiger partial charge >= 0.3 is 0 Å². The first-order chi connectivity index (χ1) is 8.88. The molecule has 1 atom stereocenters. The van der Waals surface area contributed by atoms with Gasteiger partial charge in [0.1, 0.15) is 23.6 Å². The van der Waals surface area contributed by atoms with Crippen molar-refractivity contribution in [1.29, 1.82) is 0 Å². The van der Waals surface area contributed by atoms with E-state index in [1.54, 1.807) is 6.07 Å². The second-order valence-corrected chi connectivity index (χ2v) is 5.72. The quantitative estimate of drug-likeness (QED) is 0.780. The summed E-state index contributed by atoms with van der Waals surface area (Å²) in [6, 6.07) is 5.84. The van der Waals surface area contributed by atoms with Crippen molar-refractivity contribution < 1.29 is 18.3 Å². The summed E-state index contributed by atoms with van der Waals surface area (Å²) in [6.07, 6.45) is -1.52. The van der Waals surface area contributed by atoms with Crippen LogP contribution in [0.1, 0.15) is 17.2 Å². The Kier molecular flexibility index (Phi) is 4.32. The molecule has 0 spiro atoms. The van der Waals surface area contributed by atoms with Crippen LogP contribution < -0.4 is 0 Å². The summed E-state index contributed by atoms with van der Waals surface area (Å²) in [6.45, 7) is 0. The highest BCUT2D eigenvalue weighted by Crippen LogP contribution is 2.31. The third-order valence-corrected chi connectivity index (χ3v) is 3.43. The minimum atomic E-state index is -1.52. The van der Waals surface area contributed by atoms with Crippen molar-refractivity contribution in [2.45, 2.75) is 6.10 Å². The maximum atomic E-state index is 13.6. The van der Waals surface area contributed by atoms with Gasteiger partial charge < -0.3 is 5.11 Å². The average molecular weight is 396 g/mol. The Bertz CT molecular complexity index is 588. The smallest absolute Gasteiger partial charge is 0.135 e. The molecule has 19 heavy (non-hydrogen) atoms. The van der Waals surface area contributed by atoms with E-state index in [2.05, 4.69) is 31.9 Å². The number of aliphatic hydroxyl groups excluding tert-OH is 1. The van der Waals surface area contributed by atoms with Crippen molar-refractivity contribution in [1.82, 2.24) is 0 Å². The molecule has 6 heteroatoms. The Morgan fingerprint density at radius 1 is 0.842 bits per heavy atom. The highest BCUT2D eigenvalue weighted by molar-refractivity contribution is 9.11. The van der Waals surface area contributed by atoms with Gasteiger partial charge in [0, 0.05) is 21.1 Å². The maximum absolute atomic E-state index is 13.6. The monoisotopic (exact) mass is 394 g/mol. The molecular weight excluding hydrogens is 389 g/mol. The van der Waals surface area contributed by atoms with Gasteiger partial charge in [0.05, 0.1) is 5.56 Å². The van der Waals surface area contributed by atoms with Crippen LogP contribution in [0.2, 0.25) is 0 Å². The van der Waals surface area contributed by atoms with Crippen molar-refractivity contribution in [3.05, 3.63) is 67.9 Å². The first kappa shape index (κ1) is 14.6. The van der Waals surface area contributed by atoms with Gasteiger partial charge in [-0.05, 0) is 23.8 Å². The molecule has 0 saturated carbocycles. The highest BCUT2D eigenvalue weighted by Gasteiger charge is 2.21. The fourth-order valence-electron chi connectivity index (χ4n) is 1.71. The van der Waals surface area contributed by atoms with Gasteiger partial charge in [-0.15, -0.1) is 0 Å². The zero-order chi connectivity index (χ0) is 14.2. The lowest BCUT2D eigenvalue weighted by Gasteiger charge is -2.14. The van der Waals surface area contributed by atoms with Gasteiger partial charge in [-0.1, -0.05) is 31.9 Å². The third-order valence-electron chi connectivity index (χ3n) is 2.52. The number of halogens is 5. The van der Waals surface area contributed by atoms with Crippen LogP contribution in [0.3, 0.4) is 0 Å². The molecule has 2 aromatic rings. The van der Waals surface area contributed by atoms with Crippen LogP contribution in [0.5, 0.6) is 0 Å². The van der Waals surface area contributed by atoms with Crippen LogP contribution in [0.15, 0.2) is 39.3 Å². The fourth-order valence-corrected chi connectivity index (χ4v) is 3.04. The topological polar surface area (TPSA) is 20.2 Å². The highest BCUT2D eigenvalue weighted by atomic mass is 79.9. The second-order valence-electron chi connectivity index (χ2n) is 3.89. The maximum Gasteiger partial charge on any atom is 0.135 e. The Hall–Kier alpha value is -0.850. The van der Waals surface area contributed by atoms with Crippen molar-refractivity contribution in [2.24, 2.45) is 0 Å². The minimum Gasteiger partial charge on any atom is -0.383 e. The van der Waals surface area contributed by atoms with Gasteiger partial charge in [-0.25, -0.2) is 13.2 Å². The Morgan fingerprint density at radius 3 is 1.79 bits per heavy atom. The summed E-state index contributed by atoms with van der Waals surface area (Å²) in [5, 5.41) is 10.0. The first-order valence-electron chi connectivity index (χ1n) is 5.17. The molecule has 0 aromatic heterocycles. The van der Waals surface area contributed by atoms with Crippen molar-refractivity contribution >= 4 is 31.9 Å². The average Bonchev–Trinajstić information content (AvgIpc) is 2.25. The lowest BCUT2D eigenvalue weighted by Crippen LogP contribution is -2.06. The molecule has 0 fully saturated rings. The first-order valence-corrected chi connectivity index (χ1v) is 6.75. The lowest BCUT2D eigenvalue weighted by molar-refractivity contribution is 0.208. The number of rotatable bonds is 2. The molecular formula is C13H7Br2F3O. The minimum absolute atomic E-state index is 0.283. The van der Waals surface area contributed by atoms with Gasteiger partial charge in [0.2, 0.25) is 0 Å². The van der Waals surface area contributed by atoms with Gasteiger partial charge in [-0.2, -0.15) is 0 Å². The van der Waals surface area contributed by atoms with Crippen molar-refractivity contribution in [3.8, 4) is 0 Å². The predicted octanol–water partition coefficient (Wildman–Crippen LogP) is 4.71.